The lowest BCUT2D eigenvalue weighted by molar-refractivity contribution is 0.0952. The van der Waals surface area contributed by atoms with E-state index >= 15 is 0 Å². The molecule has 0 saturated carbocycles. The first-order valence-corrected chi connectivity index (χ1v) is 11.9. The summed E-state index contributed by atoms with van der Waals surface area (Å²) in [5, 5.41) is 10.6. The summed E-state index contributed by atoms with van der Waals surface area (Å²) in [4.78, 5) is 26.4. The molecule has 0 atom stereocenters. The van der Waals surface area contributed by atoms with E-state index < -0.39 is 21.7 Å². The van der Waals surface area contributed by atoms with E-state index in [0.29, 0.717) is 29.1 Å². The van der Waals surface area contributed by atoms with Crippen molar-refractivity contribution < 1.29 is 22.4 Å². The highest BCUT2D eigenvalue weighted by Crippen LogP contribution is 2.39. The Labute approximate surface area is 188 Å². The number of carbonyl (C=O) groups is 2. The minimum atomic E-state index is -3.74. The number of halogens is 1. The van der Waals surface area contributed by atoms with Crippen molar-refractivity contribution in [2.75, 3.05) is 11.9 Å². The molecule has 0 aromatic heterocycles. The van der Waals surface area contributed by atoms with Crippen molar-refractivity contribution >= 4 is 39.3 Å². The second-order valence-corrected chi connectivity index (χ2v) is 9.75. The maximum atomic E-state index is 13.5. The van der Waals surface area contributed by atoms with Gasteiger partial charge in [-0.2, -0.15) is 0 Å². The first-order chi connectivity index (χ1) is 15.2. The first kappa shape index (κ1) is 22.0. The zero-order valence-corrected chi connectivity index (χ0v) is 18.2. The van der Waals surface area contributed by atoms with Crippen molar-refractivity contribution in [1.82, 2.24) is 5.32 Å². The number of amides is 2. The summed E-state index contributed by atoms with van der Waals surface area (Å²) < 4.78 is 36.1. The van der Waals surface area contributed by atoms with Crippen LogP contribution in [-0.4, -0.2) is 26.8 Å². The number of nitrogens with one attached hydrogen (secondary N) is 2. The van der Waals surface area contributed by atoms with Crippen molar-refractivity contribution in [1.29, 1.82) is 0 Å². The van der Waals surface area contributed by atoms with Crippen molar-refractivity contribution in [3.05, 3.63) is 83.2 Å². The van der Waals surface area contributed by atoms with Gasteiger partial charge in [0.25, 0.3) is 11.8 Å². The van der Waals surface area contributed by atoms with Gasteiger partial charge in [0.15, 0.2) is 0 Å². The number of nitrogens with two attached hydrogens (primary N) is 1. The molecular formula is C22H18FN3O4S2. The third-order valence-electron chi connectivity index (χ3n) is 4.85. The Bertz CT molecular complexity index is 1330. The average Bonchev–Trinajstić information content (AvgIpc) is 2.88. The number of hydrogen-bond acceptors (Lipinski definition) is 5. The van der Waals surface area contributed by atoms with E-state index in [1.54, 1.807) is 36.4 Å². The van der Waals surface area contributed by atoms with Gasteiger partial charge in [-0.3, -0.25) is 9.59 Å². The number of benzene rings is 3. The molecule has 1 aliphatic heterocycles. The number of primary sulfonamides is 1. The molecule has 10 heteroatoms. The highest BCUT2D eigenvalue weighted by Gasteiger charge is 2.21. The van der Waals surface area contributed by atoms with E-state index in [2.05, 4.69) is 10.6 Å². The Morgan fingerprint density at radius 1 is 1.03 bits per heavy atom. The molecule has 0 aliphatic carbocycles. The number of sulfonamides is 1. The normalized spacial score (nSPS) is 12.9. The Hall–Kier alpha value is -3.21. The third kappa shape index (κ3) is 4.82. The smallest absolute Gasteiger partial charge is 0.256 e. The monoisotopic (exact) mass is 471 g/mol. The summed E-state index contributed by atoms with van der Waals surface area (Å²) in [6.07, 6.45) is 0.495. The van der Waals surface area contributed by atoms with Crippen molar-refractivity contribution in [3.8, 4) is 0 Å². The van der Waals surface area contributed by atoms with Gasteiger partial charge in [0.05, 0.1) is 16.1 Å². The van der Waals surface area contributed by atoms with Crippen LogP contribution in [0.1, 0.15) is 26.3 Å². The van der Waals surface area contributed by atoms with Gasteiger partial charge in [0.2, 0.25) is 10.0 Å². The van der Waals surface area contributed by atoms with Gasteiger partial charge in [0, 0.05) is 21.9 Å². The van der Waals surface area contributed by atoms with E-state index in [9.17, 15) is 22.4 Å². The van der Waals surface area contributed by atoms with Gasteiger partial charge < -0.3 is 10.6 Å². The summed E-state index contributed by atoms with van der Waals surface area (Å²) >= 11 is 1.32. The number of hydrogen-bond donors (Lipinski definition) is 3. The predicted molar refractivity (Wildman–Crippen MR) is 119 cm³/mol. The fraction of sp³-hybridized carbons (Fsp3) is 0.0909. The van der Waals surface area contributed by atoms with Crippen molar-refractivity contribution in [2.45, 2.75) is 21.1 Å². The Kier molecular flexibility index (Phi) is 6.00. The van der Waals surface area contributed by atoms with Gasteiger partial charge in [-0.1, -0.05) is 23.9 Å². The maximum Gasteiger partial charge on any atom is 0.256 e. The molecule has 0 radical (unpaired) electrons. The van der Waals surface area contributed by atoms with E-state index in [-0.39, 0.29) is 16.4 Å². The van der Waals surface area contributed by atoms with Crippen molar-refractivity contribution in [2.24, 2.45) is 5.14 Å². The predicted octanol–water partition coefficient (Wildman–Crippen LogP) is 3.16. The molecule has 1 heterocycles. The minimum Gasteiger partial charge on any atom is -0.352 e. The third-order valence-corrected chi connectivity index (χ3v) is 6.93. The molecule has 3 aromatic carbocycles. The Morgan fingerprint density at radius 2 is 1.75 bits per heavy atom. The minimum absolute atomic E-state index is 0.0278. The Balaban J connectivity index is 1.42. The van der Waals surface area contributed by atoms with Crippen LogP contribution in [-0.2, 0) is 16.4 Å². The van der Waals surface area contributed by atoms with Gasteiger partial charge in [-0.15, -0.1) is 0 Å². The summed E-state index contributed by atoms with van der Waals surface area (Å²) in [7, 11) is -3.74. The van der Waals surface area contributed by atoms with E-state index in [1.165, 1.54) is 36.0 Å². The molecule has 4 rings (SSSR count). The van der Waals surface area contributed by atoms with Gasteiger partial charge in [-0.05, 0) is 60.5 Å². The second-order valence-electron chi connectivity index (χ2n) is 7.10. The molecule has 1 aliphatic rings. The lowest BCUT2D eigenvalue weighted by Crippen LogP contribution is -2.26. The largest absolute Gasteiger partial charge is 0.352 e. The van der Waals surface area contributed by atoms with Crippen LogP contribution in [0.15, 0.2) is 75.4 Å². The number of carbonyl (C=O) groups excluding carboxylic acids is 2. The summed E-state index contributed by atoms with van der Waals surface area (Å²) in [5.41, 5.74) is 1.92. The maximum absolute atomic E-state index is 13.5. The van der Waals surface area contributed by atoms with E-state index in [4.69, 9.17) is 5.14 Å². The average molecular weight is 472 g/mol. The molecule has 164 valence electrons. The van der Waals surface area contributed by atoms with Crippen LogP contribution in [0, 0.1) is 5.82 Å². The molecule has 4 N–H and O–H groups in total. The summed E-state index contributed by atoms with van der Waals surface area (Å²) in [6.45, 7) is 0.330. The lowest BCUT2D eigenvalue weighted by Gasteiger charge is -2.10. The number of anilines is 1. The quantitative estimate of drug-likeness (QED) is 0.528. The molecule has 32 heavy (non-hydrogen) atoms. The highest BCUT2D eigenvalue weighted by atomic mass is 32.2. The van der Waals surface area contributed by atoms with Crippen molar-refractivity contribution in [3.63, 3.8) is 0 Å². The molecule has 3 aromatic rings. The fourth-order valence-electron chi connectivity index (χ4n) is 3.20. The molecule has 0 bridgehead atoms. The lowest BCUT2D eigenvalue weighted by atomic mass is 10.1. The zero-order chi connectivity index (χ0) is 22.9. The molecule has 2 amide bonds. The molecule has 0 fully saturated rings. The topological polar surface area (TPSA) is 118 Å². The van der Waals surface area contributed by atoms with Crippen LogP contribution in [0.25, 0.3) is 0 Å². The zero-order valence-electron chi connectivity index (χ0n) is 16.6. The second kappa shape index (κ2) is 8.73. The molecule has 0 unspecified atom stereocenters. The molecule has 7 nitrogen and oxygen atoms in total. The molecule has 0 saturated heterocycles. The van der Waals surface area contributed by atoms with Crippen LogP contribution < -0.4 is 15.8 Å². The van der Waals surface area contributed by atoms with Crippen LogP contribution in [0.4, 0.5) is 10.1 Å². The van der Waals surface area contributed by atoms with E-state index in [1.807, 2.05) is 0 Å². The van der Waals surface area contributed by atoms with Crippen LogP contribution in [0.3, 0.4) is 0 Å². The molecule has 0 spiro atoms. The highest BCUT2D eigenvalue weighted by molar-refractivity contribution is 7.99. The van der Waals surface area contributed by atoms with Gasteiger partial charge in [0.1, 0.15) is 5.82 Å². The fourth-order valence-corrected chi connectivity index (χ4v) is 4.71. The summed E-state index contributed by atoms with van der Waals surface area (Å²) in [5.74, 6) is -1.25. The molecular weight excluding hydrogens is 453 g/mol. The standard InChI is InChI=1S/C22H18FN3O4S2/c23-15-4-8-19-17(12-15)22(28)26-18-11-14(3-7-20(18)31-19)21(27)25-10-9-13-1-5-16(6-2-13)32(24,29)30/h1-8,11-12H,9-10H2,(H,25,27)(H,26,28)(H2,24,29,30). The summed E-state index contributed by atoms with van der Waals surface area (Å²) in [6, 6.07) is 15.1. The SMILES string of the molecule is NS(=O)(=O)c1ccc(CCNC(=O)c2ccc3c(c2)NC(=O)c2cc(F)ccc2S3)cc1. The Morgan fingerprint density at radius 3 is 2.47 bits per heavy atom. The van der Waals surface area contributed by atoms with Crippen LogP contribution in [0.5, 0.6) is 0 Å². The van der Waals surface area contributed by atoms with E-state index in [0.717, 1.165) is 10.5 Å². The van der Waals surface area contributed by atoms with Gasteiger partial charge >= 0.3 is 0 Å². The number of fused-ring (bicyclic) bond motifs is 2. The van der Waals surface area contributed by atoms with Gasteiger partial charge in [-0.25, -0.2) is 17.9 Å². The van der Waals surface area contributed by atoms with Crippen LogP contribution >= 0.6 is 11.8 Å². The van der Waals surface area contributed by atoms with Crippen LogP contribution in [0.2, 0.25) is 0 Å². The number of rotatable bonds is 5. The first-order valence-electron chi connectivity index (χ1n) is 9.53.